The van der Waals surface area contributed by atoms with E-state index in [1.165, 1.54) is 6.08 Å². The van der Waals surface area contributed by atoms with Gasteiger partial charge in [0.05, 0.1) is 6.61 Å². The van der Waals surface area contributed by atoms with Crippen LogP contribution in [-0.2, 0) is 9.53 Å². The Hall–Kier alpha value is -1.56. The molecule has 0 bridgehead atoms. The Morgan fingerprint density at radius 1 is 1.44 bits per heavy atom. The number of carbonyl (C=O) groups is 1. The molecule has 3 nitrogen and oxygen atoms in total. The first-order chi connectivity index (χ1) is 7.65. The van der Waals surface area contributed by atoms with E-state index in [0.717, 1.165) is 31.3 Å². The molecule has 3 heteroatoms. The summed E-state index contributed by atoms with van der Waals surface area (Å²) in [5, 5.41) is 8.78. The summed E-state index contributed by atoms with van der Waals surface area (Å²) in [7, 11) is 0. The van der Waals surface area contributed by atoms with Gasteiger partial charge in [0.1, 0.15) is 11.6 Å². The van der Waals surface area contributed by atoms with Crippen molar-refractivity contribution in [2.24, 2.45) is 0 Å². The maximum atomic E-state index is 11.3. The molecule has 0 aliphatic rings. The molecule has 0 spiro atoms. The molecule has 0 saturated carbocycles. The second kappa shape index (κ2) is 8.72. The highest BCUT2D eigenvalue weighted by Crippen LogP contribution is 2.11. The van der Waals surface area contributed by atoms with Crippen molar-refractivity contribution in [3.05, 3.63) is 23.8 Å². The molecular formula is C13H19NO2. The van der Waals surface area contributed by atoms with Crippen molar-refractivity contribution in [2.45, 2.75) is 39.5 Å². The van der Waals surface area contributed by atoms with Crippen LogP contribution in [0.3, 0.4) is 0 Å². The first-order valence-electron chi connectivity index (χ1n) is 5.62. The third-order valence-electron chi connectivity index (χ3n) is 2.07. The van der Waals surface area contributed by atoms with Gasteiger partial charge in [-0.25, -0.2) is 4.79 Å². The summed E-state index contributed by atoms with van der Waals surface area (Å²) in [5.74, 6) is -0.568. The number of hydrogen-bond donors (Lipinski definition) is 0. The number of unbranched alkanes of at least 4 members (excludes halogenated alkanes) is 2. The molecule has 0 aliphatic carbocycles. The Bertz CT molecular complexity index is 310. The molecule has 0 aliphatic heterocycles. The summed E-state index contributed by atoms with van der Waals surface area (Å²) in [6, 6.07) is 1.83. The van der Waals surface area contributed by atoms with Gasteiger partial charge in [0.25, 0.3) is 0 Å². The summed E-state index contributed by atoms with van der Waals surface area (Å²) >= 11 is 0. The minimum absolute atomic E-state index is 0.0309. The topological polar surface area (TPSA) is 50.1 Å². The molecule has 0 aromatic rings. The molecule has 0 fully saturated rings. The van der Waals surface area contributed by atoms with Gasteiger partial charge in [0.2, 0.25) is 0 Å². The molecule has 0 rings (SSSR count). The number of hydrogen-bond acceptors (Lipinski definition) is 3. The normalized spacial score (nSPS) is 10.7. The van der Waals surface area contributed by atoms with Crippen LogP contribution in [0.2, 0.25) is 0 Å². The van der Waals surface area contributed by atoms with Crippen LogP contribution in [0.5, 0.6) is 0 Å². The van der Waals surface area contributed by atoms with Crippen molar-refractivity contribution in [3.8, 4) is 6.07 Å². The molecular weight excluding hydrogens is 202 g/mol. The number of allylic oxidation sites excluding steroid dienone is 2. The lowest BCUT2D eigenvalue weighted by atomic mass is 10.1. The highest BCUT2D eigenvalue weighted by Gasteiger charge is 2.09. The van der Waals surface area contributed by atoms with Crippen molar-refractivity contribution in [1.29, 1.82) is 5.26 Å². The molecule has 0 heterocycles. The zero-order valence-electron chi connectivity index (χ0n) is 10.1. The molecule has 0 unspecified atom stereocenters. The average molecular weight is 221 g/mol. The zero-order chi connectivity index (χ0) is 12.4. The second-order valence-electron chi connectivity index (χ2n) is 3.51. The highest BCUT2D eigenvalue weighted by atomic mass is 16.5. The molecule has 88 valence electrons. The minimum atomic E-state index is -0.568. The van der Waals surface area contributed by atoms with Gasteiger partial charge in [-0.1, -0.05) is 31.9 Å². The first kappa shape index (κ1) is 14.4. The summed E-state index contributed by atoms with van der Waals surface area (Å²) in [4.78, 5) is 11.3. The Balaban J connectivity index is 4.30. The Labute approximate surface area is 97.4 Å². The number of esters is 1. The van der Waals surface area contributed by atoms with Crippen LogP contribution < -0.4 is 0 Å². The first-order valence-corrected chi connectivity index (χ1v) is 5.62. The van der Waals surface area contributed by atoms with Gasteiger partial charge in [-0.2, -0.15) is 5.26 Å². The number of rotatable bonds is 7. The fourth-order valence-corrected chi connectivity index (χ4v) is 1.22. The summed E-state index contributed by atoms with van der Waals surface area (Å²) in [5.41, 5.74) is 0.835. The van der Waals surface area contributed by atoms with Crippen LogP contribution >= 0.6 is 0 Å². The van der Waals surface area contributed by atoms with Crippen LogP contribution in [0, 0.1) is 11.3 Å². The van der Waals surface area contributed by atoms with Crippen LogP contribution in [0.1, 0.15) is 39.5 Å². The number of carbonyl (C=O) groups excluding carboxylic acids is 1. The third-order valence-corrected chi connectivity index (χ3v) is 2.07. The van der Waals surface area contributed by atoms with Crippen LogP contribution in [0.25, 0.3) is 0 Å². The van der Waals surface area contributed by atoms with Crippen molar-refractivity contribution in [1.82, 2.24) is 0 Å². The maximum absolute atomic E-state index is 11.3. The molecule has 0 radical (unpaired) electrons. The Morgan fingerprint density at radius 2 is 2.12 bits per heavy atom. The number of nitriles is 1. The van der Waals surface area contributed by atoms with E-state index in [0.29, 0.717) is 0 Å². The average Bonchev–Trinajstić information content (AvgIpc) is 2.26. The number of nitrogens with zero attached hydrogens (tertiary/aromatic N) is 1. The zero-order valence-corrected chi connectivity index (χ0v) is 10.1. The van der Waals surface area contributed by atoms with Gasteiger partial charge in [-0.3, -0.25) is 0 Å². The van der Waals surface area contributed by atoms with E-state index in [1.54, 1.807) is 6.92 Å². The van der Waals surface area contributed by atoms with Crippen molar-refractivity contribution >= 4 is 5.97 Å². The molecule has 0 aromatic heterocycles. The van der Waals surface area contributed by atoms with Crippen LogP contribution in [0.15, 0.2) is 23.8 Å². The molecule has 16 heavy (non-hydrogen) atoms. The Morgan fingerprint density at radius 3 is 2.62 bits per heavy atom. The SMILES string of the molecule is C=C(C=C(C#N)C(=O)OCC)CCCCC. The smallest absolute Gasteiger partial charge is 0.348 e. The van der Waals surface area contributed by atoms with Gasteiger partial charge in [-0.05, 0) is 25.8 Å². The van der Waals surface area contributed by atoms with E-state index < -0.39 is 5.97 Å². The van der Waals surface area contributed by atoms with Gasteiger partial charge >= 0.3 is 5.97 Å². The molecule has 0 atom stereocenters. The maximum Gasteiger partial charge on any atom is 0.348 e. The summed E-state index contributed by atoms with van der Waals surface area (Å²) < 4.78 is 4.75. The monoisotopic (exact) mass is 221 g/mol. The van der Waals surface area contributed by atoms with Crippen LogP contribution in [-0.4, -0.2) is 12.6 Å². The van der Waals surface area contributed by atoms with Crippen LogP contribution in [0.4, 0.5) is 0 Å². The lowest BCUT2D eigenvalue weighted by molar-refractivity contribution is -0.138. The lowest BCUT2D eigenvalue weighted by Gasteiger charge is -2.02. The molecule has 0 aromatic carbocycles. The number of ether oxygens (including phenoxy) is 1. The summed E-state index contributed by atoms with van der Waals surface area (Å²) in [6.07, 6.45) is 5.65. The van der Waals surface area contributed by atoms with Crippen molar-refractivity contribution in [2.75, 3.05) is 6.61 Å². The third kappa shape index (κ3) is 6.02. The van der Waals surface area contributed by atoms with E-state index in [1.807, 2.05) is 6.07 Å². The van der Waals surface area contributed by atoms with E-state index in [-0.39, 0.29) is 12.2 Å². The second-order valence-corrected chi connectivity index (χ2v) is 3.51. The predicted octanol–water partition coefficient (Wildman–Crippen LogP) is 3.14. The standard InChI is InChI=1S/C13H19NO2/c1-4-6-7-8-11(3)9-12(10-14)13(15)16-5-2/h9H,3-8H2,1-2H3. The van der Waals surface area contributed by atoms with E-state index >= 15 is 0 Å². The molecule has 0 N–H and O–H groups in total. The van der Waals surface area contributed by atoms with Crippen molar-refractivity contribution in [3.63, 3.8) is 0 Å². The minimum Gasteiger partial charge on any atom is -0.462 e. The fraction of sp³-hybridized carbons (Fsp3) is 0.538. The van der Waals surface area contributed by atoms with E-state index in [2.05, 4.69) is 13.5 Å². The Kier molecular flexibility index (Phi) is 7.87. The van der Waals surface area contributed by atoms with E-state index in [9.17, 15) is 4.79 Å². The fourth-order valence-electron chi connectivity index (χ4n) is 1.22. The van der Waals surface area contributed by atoms with Gasteiger partial charge in [0, 0.05) is 0 Å². The highest BCUT2D eigenvalue weighted by molar-refractivity contribution is 5.93. The molecule has 0 amide bonds. The van der Waals surface area contributed by atoms with Crippen molar-refractivity contribution < 1.29 is 9.53 Å². The lowest BCUT2D eigenvalue weighted by Crippen LogP contribution is -2.06. The quantitative estimate of drug-likeness (QED) is 0.218. The molecule has 0 saturated heterocycles. The van der Waals surface area contributed by atoms with Gasteiger partial charge < -0.3 is 4.74 Å². The largest absolute Gasteiger partial charge is 0.462 e. The summed E-state index contributed by atoms with van der Waals surface area (Å²) in [6.45, 7) is 7.93. The van der Waals surface area contributed by atoms with Gasteiger partial charge in [0.15, 0.2) is 0 Å². The van der Waals surface area contributed by atoms with E-state index in [4.69, 9.17) is 10.00 Å². The predicted molar refractivity (Wildman–Crippen MR) is 63.6 cm³/mol. The van der Waals surface area contributed by atoms with Gasteiger partial charge in [-0.15, -0.1) is 0 Å².